The predicted molar refractivity (Wildman–Crippen MR) is 281 cm³/mol. The Labute approximate surface area is 414 Å². The fourth-order valence-electron chi connectivity index (χ4n) is 10.2. The van der Waals surface area contributed by atoms with Crippen LogP contribution in [0.15, 0.2) is 60.2 Å². The maximum Gasteiger partial charge on any atom is 0.362 e. The maximum atomic E-state index is 14.0. The second-order valence-corrected chi connectivity index (χ2v) is 34.2. The van der Waals surface area contributed by atoms with Crippen LogP contribution in [-0.4, -0.2) is 77.9 Å². The maximum absolute atomic E-state index is 14.0. The Morgan fingerprint density at radius 2 is 1.44 bits per heavy atom. The number of carbonyl (C=O) groups is 2. The highest BCUT2D eigenvalue weighted by atomic mass is 28.4. The Balaban J connectivity index is 1.99. The van der Waals surface area contributed by atoms with Gasteiger partial charge in [0.05, 0.1) is 41.2 Å². The summed E-state index contributed by atoms with van der Waals surface area (Å²) in [6.07, 6.45) is 12.4. The van der Waals surface area contributed by atoms with Gasteiger partial charge in [0, 0.05) is 36.5 Å². The van der Waals surface area contributed by atoms with Gasteiger partial charge in [-0.3, -0.25) is 19.8 Å². The number of ether oxygens (including phenoxy) is 2. The third-order valence-corrected chi connectivity index (χ3v) is 30.0. The monoisotopic (exact) mass is 1000 g/mol. The molecule has 10 atom stereocenters. The molecular weight excluding hydrogens is 911 g/mol. The zero-order chi connectivity index (χ0) is 50.9. The van der Waals surface area contributed by atoms with Gasteiger partial charge in [-0.25, -0.2) is 9.68 Å². The lowest BCUT2D eigenvalue weighted by molar-refractivity contribution is -0.384. The highest BCUT2D eigenvalue weighted by Gasteiger charge is 2.51. The summed E-state index contributed by atoms with van der Waals surface area (Å²) < 4.78 is 34.3. The molecule has 1 aromatic carbocycles. The van der Waals surface area contributed by atoms with E-state index in [9.17, 15) is 19.7 Å². The first-order valence-electron chi connectivity index (χ1n) is 26.3. The molecule has 0 aliphatic carbocycles. The van der Waals surface area contributed by atoms with E-state index in [4.69, 9.17) is 32.5 Å². The number of hydrogen-bond acceptors (Lipinski definition) is 11. The SMILES string of the molecule is CCC(O[Si](CC)(CC)CC)C(C)C1OC1CC(C)(/C=C/C=C(\C)C1OC(=O)CC(O[Si](CC)(CC)CC)CCC(C)C(C(=O)OOc2ccc([N+](=O)[O-])cc2)/C=C\C1C)O[Si](CC)(CC)CC. The molecule has 0 radical (unpaired) electrons. The van der Waals surface area contributed by atoms with Crippen molar-refractivity contribution >= 4 is 42.6 Å². The summed E-state index contributed by atoms with van der Waals surface area (Å²) in [4.78, 5) is 49.3. The number of nitro groups is 1. The van der Waals surface area contributed by atoms with Crippen molar-refractivity contribution < 1.29 is 47.0 Å². The van der Waals surface area contributed by atoms with E-state index in [1.807, 2.05) is 39.0 Å². The van der Waals surface area contributed by atoms with E-state index in [0.29, 0.717) is 12.8 Å². The van der Waals surface area contributed by atoms with Gasteiger partial charge in [-0.2, -0.15) is 0 Å². The van der Waals surface area contributed by atoms with Crippen LogP contribution in [-0.2, 0) is 37.2 Å². The molecule has 386 valence electrons. The summed E-state index contributed by atoms with van der Waals surface area (Å²) in [6.45, 7) is 32.9. The van der Waals surface area contributed by atoms with Crippen LogP contribution in [0.2, 0.25) is 54.4 Å². The molecule has 15 heteroatoms. The number of benzene rings is 1. The number of hydrogen-bond donors (Lipinski definition) is 0. The lowest BCUT2D eigenvalue weighted by Crippen LogP contribution is -2.46. The second-order valence-electron chi connectivity index (χ2n) is 20.1. The molecule has 0 spiro atoms. The fourth-order valence-corrected chi connectivity index (χ4v) is 19.2. The average molecular weight is 1000 g/mol. The van der Waals surface area contributed by atoms with Gasteiger partial charge in [-0.05, 0) is 111 Å². The molecule has 2 aliphatic rings. The lowest BCUT2D eigenvalue weighted by atomic mass is 9.86. The van der Waals surface area contributed by atoms with Gasteiger partial charge in [-0.15, -0.1) is 0 Å². The minimum Gasteiger partial charge on any atom is -0.457 e. The summed E-state index contributed by atoms with van der Waals surface area (Å²) in [5.74, 6) is -1.65. The van der Waals surface area contributed by atoms with Gasteiger partial charge >= 0.3 is 11.9 Å². The minimum atomic E-state index is -2.12. The molecule has 0 amide bonds. The molecule has 1 aromatic rings. The van der Waals surface area contributed by atoms with E-state index < -0.39 is 53.5 Å². The third-order valence-electron chi connectivity index (χ3n) is 15.9. The second kappa shape index (κ2) is 27.6. The Bertz CT molecular complexity index is 1790. The molecule has 0 bridgehead atoms. The van der Waals surface area contributed by atoms with Crippen LogP contribution in [0.3, 0.4) is 0 Å². The van der Waals surface area contributed by atoms with E-state index >= 15 is 0 Å². The zero-order valence-corrected chi connectivity index (χ0v) is 47.7. The summed E-state index contributed by atoms with van der Waals surface area (Å²) in [5.41, 5.74) is 0.169. The van der Waals surface area contributed by atoms with Crippen molar-refractivity contribution in [2.75, 3.05) is 0 Å². The van der Waals surface area contributed by atoms with E-state index in [2.05, 4.69) is 95.2 Å². The molecule has 3 rings (SSSR count). The normalized spacial score (nSPS) is 25.6. The quantitative estimate of drug-likeness (QED) is 0.0121. The highest BCUT2D eigenvalue weighted by Crippen LogP contribution is 2.43. The summed E-state index contributed by atoms with van der Waals surface area (Å²) in [5, 5.41) is 11.2. The Morgan fingerprint density at radius 3 is 1.97 bits per heavy atom. The van der Waals surface area contributed by atoms with Crippen molar-refractivity contribution in [3.05, 3.63) is 70.3 Å². The summed E-state index contributed by atoms with van der Waals surface area (Å²) >= 11 is 0. The largest absolute Gasteiger partial charge is 0.457 e. The third kappa shape index (κ3) is 16.6. The average Bonchev–Trinajstić information content (AvgIpc) is 4.11. The first-order valence-corrected chi connectivity index (χ1v) is 33.9. The van der Waals surface area contributed by atoms with Crippen molar-refractivity contribution in [3.63, 3.8) is 0 Å². The Kier molecular flexibility index (Phi) is 24.1. The van der Waals surface area contributed by atoms with E-state index in [1.54, 1.807) is 0 Å². The van der Waals surface area contributed by atoms with Crippen LogP contribution in [0.1, 0.15) is 136 Å². The first-order chi connectivity index (χ1) is 32.2. The van der Waals surface area contributed by atoms with E-state index in [1.165, 1.54) is 24.3 Å². The summed E-state index contributed by atoms with van der Waals surface area (Å²) in [7, 11) is -5.98. The van der Waals surface area contributed by atoms with Crippen molar-refractivity contribution in [2.45, 2.75) is 226 Å². The van der Waals surface area contributed by atoms with Crippen LogP contribution in [0.25, 0.3) is 0 Å². The van der Waals surface area contributed by atoms with Crippen LogP contribution in [0.4, 0.5) is 5.69 Å². The fraction of sp³-hybridized carbons (Fsp3) is 0.736. The Morgan fingerprint density at radius 1 is 0.868 bits per heavy atom. The number of non-ortho nitro benzene ring substituents is 1. The van der Waals surface area contributed by atoms with Gasteiger partial charge < -0.3 is 22.8 Å². The van der Waals surface area contributed by atoms with Gasteiger partial charge in [0.2, 0.25) is 0 Å². The highest BCUT2D eigenvalue weighted by molar-refractivity contribution is 6.74. The van der Waals surface area contributed by atoms with Crippen LogP contribution < -0.4 is 4.89 Å². The van der Waals surface area contributed by atoms with Gasteiger partial charge in [0.15, 0.2) is 30.7 Å². The number of cyclic esters (lactones) is 1. The van der Waals surface area contributed by atoms with Crippen LogP contribution in [0.5, 0.6) is 5.75 Å². The molecule has 68 heavy (non-hydrogen) atoms. The zero-order valence-electron chi connectivity index (χ0n) is 44.7. The molecule has 2 heterocycles. The van der Waals surface area contributed by atoms with Gasteiger partial charge in [0.25, 0.3) is 5.69 Å². The van der Waals surface area contributed by atoms with Crippen molar-refractivity contribution in [1.82, 2.24) is 0 Å². The van der Waals surface area contributed by atoms with E-state index in [0.717, 1.165) is 72.8 Å². The molecule has 2 aliphatic heterocycles. The van der Waals surface area contributed by atoms with Gasteiger partial charge in [-0.1, -0.05) is 120 Å². The topological polar surface area (TPSA) is 145 Å². The number of carbonyl (C=O) groups excluding carboxylic acids is 2. The molecule has 0 N–H and O–H groups in total. The van der Waals surface area contributed by atoms with Crippen LogP contribution in [0, 0.1) is 33.8 Å². The van der Waals surface area contributed by atoms with Gasteiger partial charge in [0.1, 0.15) is 6.10 Å². The minimum absolute atomic E-state index is 0.0599. The molecule has 12 nitrogen and oxygen atoms in total. The number of esters is 1. The van der Waals surface area contributed by atoms with E-state index in [-0.39, 0.29) is 66.0 Å². The van der Waals surface area contributed by atoms with Crippen LogP contribution >= 0.6 is 0 Å². The standard InChI is InChI=1S/C53H91NO11Si3/c1-16-47(64-67(20-5,21-6)22-7)42(14)51-48(59-51)38-53(15,65-68(23-8,24-9)25-10)36-26-27-40(12)50-41(13)29-35-46(52(56)62-61-44-33-30-43(31-34-44)54(57)58)39(11)28-32-45(37-49(55)60-50)63-66(17-2,18-3)19-4/h26-27,29-31,33-36,39,41-42,45-48,50-51H,16-25,28,32,37-38H2,1-15H3/b35-29-,36-26+,40-27+. The predicted octanol–water partition coefficient (Wildman–Crippen LogP) is 14.2. The first kappa shape index (κ1) is 59.4. The lowest BCUT2D eigenvalue weighted by Gasteiger charge is -2.39. The molecule has 1 fully saturated rings. The molecule has 0 aromatic heterocycles. The number of allylic oxidation sites excluding steroid dienone is 2. The molecular formula is C53H91NO11Si3. The van der Waals surface area contributed by atoms with Crippen molar-refractivity contribution in [2.24, 2.45) is 23.7 Å². The number of rotatable bonds is 27. The Hall–Kier alpha value is -2.93. The molecule has 0 saturated carbocycles. The van der Waals surface area contributed by atoms with Crippen molar-refractivity contribution in [1.29, 1.82) is 0 Å². The number of nitrogens with zero attached hydrogens (tertiary/aromatic N) is 1. The van der Waals surface area contributed by atoms with Crippen molar-refractivity contribution in [3.8, 4) is 5.75 Å². The number of epoxide rings is 1. The molecule has 1 saturated heterocycles. The smallest absolute Gasteiger partial charge is 0.362 e. The number of nitro benzene ring substituents is 1. The summed E-state index contributed by atoms with van der Waals surface area (Å²) in [6, 6.07) is 14.6. The molecule has 10 unspecified atom stereocenters.